The number of nitrogen functional groups attached to an aromatic ring is 1. The van der Waals surface area contributed by atoms with E-state index in [0.717, 1.165) is 11.3 Å². The van der Waals surface area contributed by atoms with E-state index in [1.807, 2.05) is 31.2 Å². The van der Waals surface area contributed by atoms with Gasteiger partial charge in [-0.1, -0.05) is 17.7 Å². The van der Waals surface area contributed by atoms with Crippen LogP contribution in [-0.4, -0.2) is 26.6 Å². The minimum atomic E-state index is -0.259. The van der Waals surface area contributed by atoms with Crippen LogP contribution in [0.15, 0.2) is 24.3 Å². The largest absolute Gasteiger partial charge is 0.368 e. The lowest BCUT2D eigenvalue weighted by Crippen LogP contribution is -2.31. The Morgan fingerprint density at radius 3 is 2.64 bits per heavy atom. The number of nitrogens with one attached hydrogen (secondary N) is 2. The summed E-state index contributed by atoms with van der Waals surface area (Å²) in [5, 5.41) is 3.07. The highest BCUT2D eigenvalue weighted by molar-refractivity contribution is 7.99. The molecule has 0 bridgehead atoms. The van der Waals surface area contributed by atoms with Crippen LogP contribution in [0, 0.1) is 6.92 Å². The summed E-state index contributed by atoms with van der Waals surface area (Å²) in [7, 11) is 0. The smallest absolute Gasteiger partial charge is 0.243 e. The number of benzene rings is 1. The van der Waals surface area contributed by atoms with Gasteiger partial charge in [-0.15, -0.1) is 11.8 Å². The number of hydrogen-bond donors (Lipinski definition) is 4. The molecule has 9 heteroatoms. The predicted molar refractivity (Wildman–Crippen MR) is 87.2 cm³/mol. The Hall–Kier alpha value is -2.39. The number of hydrogen-bond acceptors (Lipinski definition) is 8. The molecule has 8 nitrogen and oxygen atoms in total. The first kappa shape index (κ1) is 16.0. The summed E-state index contributed by atoms with van der Waals surface area (Å²) in [5.41, 5.74) is 9.77. The van der Waals surface area contributed by atoms with Crippen molar-refractivity contribution < 1.29 is 4.79 Å². The number of nitrogens with zero attached hydrogens (tertiary/aromatic N) is 3. The second kappa shape index (κ2) is 7.57. The molecule has 0 saturated heterocycles. The molecular formula is C13H17N7OS. The Morgan fingerprint density at radius 2 is 1.95 bits per heavy atom. The fourth-order valence-electron chi connectivity index (χ4n) is 1.60. The summed E-state index contributed by atoms with van der Waals surface area (Å²) < 4.78 is 0. The molecule has 2 rings (SSSR count). The fraction of sp³-hybridized carbons (Fsp3) is 0.231. The van der Waals surface area contributed by atoms with E-state index >= 15 is 0 Å². The van der Waals surface area contributed by atoms with Gasteiger partial charge in [-0.05, 0) is 19.1 Å². The van der Waals surface area contributed by atoms with Gasteiger partial charge in [0.2, 0.25) is 17.8 Å². The van der Waals surface area contributed by atoms with Gasteiger partial charge < -0.3 is 11.1 Å². The van der Waals surface area contributed by atoms with E-state index < -0.39 is 0 Å². The molecule has 1 amide bonds. The highest BCUT2D eigenvalue weighted by Crippen LogP contribution is 2.16. The molecule has 0 spiro atoms. The number of nitrogens with two attached hydrogens (primary N) is 2. The van der Waals surface area contributed by atoms with Crippen molar-refractivity contribution in [2.75, 3.05) is 16.8 Å². The first-order chi connectivity index (χ1) is 10.6. The van der Waals surface area contributed by atoms with Crippen molar-refractivity contribution in [1.82, 2.24) is 20.4 Å². The molecule has 22 heavy (non-hydrogen) atoms. The van der Waals surface area contributed by atoms with Gasteiger partial charge in [-0.3, -0.25) is 10.2 Å². The van der Waals surface area contributed by atoms with E-state index in [9.17, 15) is 4.79 Å². The molecule has 116 valence electrons. The molecule has 0 aliphatic rings. The third-order valence-corrected chi connectivity index (χ3v) is 3.56. The summed E-state index contributed by atoms with van der Waals surface area (Å²) in [6.45, 7) is 2.01. The quantitative estimate of drug-likeness (QED) is 0.348. The van der Waals surface area contributed by atoms with Crippen molar-refractivity contribution in [1.29, 1.82) is 0 Å². The van der Waals surface area contributed by atoms with E-state index in [4.69, 9.17) is 11.6 Å². The Bertz CT molecular complexity index is 647. The molecule has 0 unspecified atom stereocenters. The van der Waals surface area contributed by atoms with Gasteiger partial charge in [-0.2, -0.15) is 15.0 Å². The van der Waals surface area contributed by atoms with Gasteiger partial charge >= 0.3 is 0 Å². The van der Waals surface area contributed by atoms with E-state index in [0.29, 0.717) is 17.5 Å². The SMILES string of the molecule is Cc1ccc(Nc2nc(N)nc(CSCC(=O)NN)n2)cc1. The van der Waals surface area contributed by atoms with E-state index in [1.165, 1.54) is 11.8 Å². The summed E-state index contributed by atoms with van der Waals surface area (Å²) >= 11 is 1.34. The number of rotatable bonds is 6. The number of hydrazine groups is 1. The lowest BCUT2D eigenvalue weighted by atomic mass is 10.2. The van der Waals surface area contributed by atoms with Crippen LogP contribution in [0.4, 0.5) is 17.6 Å². The van der Waals surface area contributed by atoms with Crippen molar-refractivity contribution in [3.05, 3.63) is 35.7 Å². The molecule has 1 aromatic heterocycles. The lowest BCUT2D eigenvalue weighted by Gasteiger charge is -2.07. The van der Waals surface area contributed by atoms with Crippen molar-refractivity contribution in [2.24, 2.45) is 5.84 Å². The third kappa shape index (κ3) is 4.86. The zero-order valence-electron chi connectivity index (χ0n) is 12.0. The van der Waals surface area contributed by atoms with Crippen LogP contribution in [0.1, 0.15) is 11.4 Å². The number of carbonyl (C=O) groups excluding carboxylic acids is 1. The number of thioether (sulfide) groups is 1. The zero-order chi connectivity index (χ0) is 15.9. The van der Waals surface area contributed by atoms with Crippen LogP contribution in [0.25, 0.3) is 0 Å². The van der Waals surface area contributed by atoms with Crippen LogP contribution < -0.4 is 22.3 Å². The normalized spacial score (nSPS) is 10.3. The van der Waals surface area contributed by atoms with Crippen LogP contribution in [0.5, 0.6) is 0 Å². The molecule has 0 aliphatic heterocycles. The molecule has 0 fully saturated rings. The molecule has 2 aromatic rings. The van der Waals surface area contributed by atoms with Crippen molar-refractivity contribution in [3.8, 4) is 0 Å². The molecule has 0 radical (unpaired) electrons. The van der Waals surface area contributed by atoms with Crippen molar-refractivity contribution in [3.63, 3.8) is 0 Å². The van der Waals surface area contributed by atoms with Crippen molar-refractivity contribution >= 4 is 35.3 Å². The molecule has 6 N–H and O–H groups in total. The van der Waals surface area contributed by atoms with Crippen molar-refractivity contribution in [2.45, 2.75) is 12.7 Å². The predicted octanol–water partition coefficient (Wildman–Crippen LogP) is 0.729. The molecule has 0 saturated carbocycles. The Balaban J connectivity index is 2.03. The van der Waals surface area contributed by atoms with Gasteiger partial charge in [0, 0.05) is 5.69 Å². The van der Waals surface area contributed by atoms with Gasteiger partial charge in [-0.25, -0.2) is 5.84 Å². The number of anilines is 3. The second-order valence-corrected chi connectivity index (χ2v) is 5.47. The summed E-state index contributed by atoms with van der Waals surface area (Å²) in [6, 6.07) is 7.81. The average Bonchev–Trinajstić information content (AvgIpc) is 2.49. The molecule has 1 heterocycles. The standard InChI is InChI=1S/C13H17N7OS/c1-8-2-4-9(5-3-8)16-13-18-10(17-12(14)19-13)6-22-7-11(21)20-15/h2-5H,6-7,15H2,1H3,(H,20,21)(H3,14,16,17,18,19). The second-order valence-electron chi connectivity index (χ2n) is 4.48. The number of amides is 1. The minimum Gasteiger partial charge on any atom is -0.368 e. The van der Waals surface area contributed by atoms with Crippen LogP contribution >= 0.6 is 11.8 Å². The van der Waals surface area contributed by atoms with E-state index in [2.05, 4.69) is 25.7 Å². The lowest BCUT2D eigenvalue weighted by molar-refractivity contribution is -0.118. The van der Waals surface area contributed by atoms with E-state index in [1.54, 1.807) is 0 Å². The van der Waals surface area contributed by atoms with Gasteiger partial charge in [0.05, 0.1) is 11.5 Å². The number of carbonyl (C=O) groups is 1. The molecule has 1 aromatic carbocycles. The first-order valence-electron chi connectivity index (χ1n) is 6.48. The summed E-state index contributed by atoms with van der Waals surface area (Å²) in [4.78, 5) is 23.4. The maximum Gasteiger partial charge on any atom is 0.243 e. The Labute approximate surface area is 132 Å². The summed E-state index contributed by atoms with van der Waals surface area (Å²) in [6.07, 6.45) is 0. The summed E-state index contributed by atoms with van der Waals surface area (Å²) in [5.74, 6) is 6.41. The van der Waals surface area contributed by atoms with Crippen LogP contribution in [-0.2, 0) is 10.5 Å². The van der Waals surface area contributed by atoms with E-state index in [-0.39, 0.29) is 17.6 Å². The van der Waals surface area contributed by atoms with Gasteiger partial charge in [0.15, 0.2) is 0 Å². The van der Waals surface area contributed by atoms with Crippen LogP contribution in [0.2, 0.25) is 0 Å². The van der Waals surface area contributed by atoms with Gasteiger partial charge in [0.25, 0.3) is 0 Å². The monoisotopic (exact) mass is 319 g/mol. The van der Waals surface area contributed by atoms with Gasteiger partial charge in [0.1, 0.15) is 5.82 Å². The highest BCUT2D eigenvalue weighted by atomic mass is 32.2. The van der Waals surface area contributed by atoms with Crippen LogP contribution in [0.3, 0.4) is 0 Å². The topological polar surface area (TPSA) is 132 Å². The maximum absolute atomic E-state index is 11.1. The maximum atomic E-state index is 11.1. The highest BCUT2D eigenvalue weighted by Gasteiger charge is 2.06. The Morgan fingerprint density at radius 1 is 1.23 bits per heavy atom. The Kier molecular flexibility index (Phi) is 5.50. The average molecular weight is 319 g/mol. The number of aromatic nitrogens is 3. The first-order valence-corrected chi connectivity index (χ1v) is 7.63. The fourth-order valence-corrected chi connectivity index (χ4v) is 2.28. The third-order valence-electron chi connectivity index (χ3n) is 2.63. The zero-order valence-corrected chi connectivity index (χ0v) is 12.9. The molecule has 0 aliphatic carbocycles. The minimum absolute atomic E-state index is 0.128. The molecule has 0 atom stereocenters. The number of aryl methyl sites for hydroxylation is 1. The molecular weight excluding hydrogens is 302 g/mol.